The van der Waals surface area contributed by atoms with Crippen LogP contribution >= 0.6 is 0 Å². The first kappa shape index (κ1) is 22.7. The van der Waals surface area contributed by atoms with Crippen molar-refractivity contribution in [2.75, 3.05) is 20.8 Å². The highest BCUT2D eigenvalue weighted by Crippen LogP contribution is 2.34. The molecule has 3 aromatic rings. The first-order chi connectivity index (χ1) is 15.1. The number of methoxy groups -OCH3 is 2. The lowest BCUT2D eigenvalue weighted by atomic mass is 9.88. The fourth-order valence-electron chi connectivity index (χ4n) is 3.82. The van der Waals surface area contributed by atoms with E-state index in [2.05, 4.69) is 53.8 Å². The molecule has 0 bridgehead atoms. The summed E-state index contributed by atoms with van der Waals surface area (Å²) >= 11 is 0. The summed E-state index contributed by atoms with van der Waals surface area (Å²) in [5, 5.41) is 2.36. The number of ether oxygens (including phenoxy) is 3. The molecule has 2 N–H and O–H groups in total. The zero-order valence-corrected chi connectivity index (χ0v) is 19.0. The normalized spacial score (nSPS) is 11.9. The molecule has 0 spiro atoms. The zero-order valence-electron chi connectivity index (χ0n) is 19.0. The summed E-state index contributed by atoms with van der Waals surface area (Å²) < 4.78 is 16.7. The van der Waals surface area contributed by atoms with Crippen LogP contribution in [0.5, 0.6) is 17.2 Å². The van der Waals surface area contributed by atoms with E-state index in [1.54, 1.807) is 14.2 Å². The number of quaternary nitrogens is 1. The van der Waals surface area contributed by atoms with Gasteiger partial charge >= 0.3 is 0 Å². The van der Waals surface area contributed by atoms with Gasteiger partial charge in [0, 0.05) is 23.5 Å². The summed E-state index contributed by atoms with van der Waals surface area (Å²) in [6, 6.07) is 25.1. The maximum absolute atomic E-state index is 5.82. The molecule has 0 saturated heterocycles. The third-order valence-corrected chi connectivity index (χ3v) is 5.37. The molecule has 0 amide bonds. The highest BCUT2D eigenvalue weighted by molar-refractivity contribution is 5.43. The van der Waals surface area contributed by atoms with E-state index in [0.29, 0.717) is 0 Å². The molecule has 4 nitrogen and oxygen atoms in total. The SMILES string of the molecule is COc1ccc(C[NH2+]CC[C@H](c2ccc(OC(C)C)cc2)c2ccccc2OC)cc1. The molecule has 0 radical (unpaired) electrons. The average Bonchev–Trinajstić information content (AvgIpc) is 2.80. The van der Waals surface area contributed by atoms with Crippen LogP contribution in [0.25, 0.3) is 0 Å². The molecule has 0 aliphatic carbocycles. The highest BCUT2D eigenvalue weighted by Gasteiger charge is 2.19. The van der Waals surface area contributed by atoms with Gasteiger partial charge < -0.3 is 19.5 Å². The van der Waals surface area contributed by atoms with Crippen molar-refractivity contribution in [3.63, 3.8) is 0 Å². The molecule has 0 heterocycles. The van der Waals surface area contributed by atoms with Gasteiger partial charge in [-0.2, -0.15) is 0 Å². The maximum atomic E-state index is 5.82. The molecule has 3 rings (SSSR count). The number of nitrogens with two attached hydrogens (primary N) is 1. The van der Waals surface area contributed by atoms with E-state index in [9.17, 15) is 0 Å². The van der Waals surface area contributed by atoms with E-state index in [1.807, 2.05) is 38.1 Å². The maximum Gasteiger partial charge on any atom is 0.122 e. The van der Waals surface area contributed by atoms with Gasteiger partial charge in [0.2, 0.25) is 0 Å². The molecule has 0 aromatic heterocycles. The second-order valence-electron chi connectivity index (χ2n) is 7.95. The van der Waals surface area contributed by atoms with Crippen molar-refractivity contribution in [2.45, 2.75) is 38.8 Å². The summed E-state index contributed by atoms with van der Waals surface area (Å²) in [7, 11) is 3.44. The van der Waals surface area contributed by atoms with Gasteiger partial charge in [-0.25, -0.2) is 0 Å². The lowest BCUT2D eigenvalue weighted by Gasteiger charge is -2.20. The molecular formula is C27H34NO3+. The van der Waals surface area contributed by atoms with Crippen molar-refractivity contribution in [1.29, 1.82) is 0 Å². The number of hydrogen-bond acceptors (Lipinski definition) is 3. The summed E-state index contributed by atoms with van der Waals surface area (Å²) in [5.41, 5.74) is 3.80. The number of rotatable bonds is 11. The van der Waals surface area contributed by atoms with Gasteiger partial charge in [-0.05, 0) is 61.9 Å². The molecule has 0 aliphatic heterocycles. The lowest BCUT2D eigenvalue weighted by Crippen LogP contribution is -2.82. The van der Waals surface area contributed by atoms with Crippen molar-refractivity contribution in [3.05, 3.63) is 89.5 Å². The van der Waals surface area contributed by atoms with Gasteiger partial charge in [0.05, 0.1) is 26.9 Å². The average molecular weight is 421 g/mol. The fourth-order valence-corrected chi connectivity index (χ4v) is 3.82. The molecule has 164 valence electrons. The summed E-state index contributed by atoms with van der Waals surface area (Å²) in [4.78, 5) is 0. The van der Waals surface area contributed by atoms with Gasteiger partial charge in [-0.1, -0.05) is 30.3 Å². The van der Waals surface area contributed by atoms with Crippen LogP contribution in [-0.2, 0) is 6.54 Å². The van der Waals surface area contributed by atoms with E-state index < -0.39 is 0 Å². The Hall–Kier alpha value is -2.98. The van der Waals surface area contributed by atoms with Crippen LogP contribution in [0.1, 0.15) is 42.9 Å². The molecule has 0 saturated carbocycles. The van der Waals surface area contributed by atoms with Crippen LogP contribution in [-0.4, -0.2) is 26.9 Å². The van der Waals surface area contributed by atoms with Crippen LogP contribution in [0.15, 0.2) is 72.8 Å². The van der Waals surface area contributed by atoms with Crippen molar-refractivity contribution in [3.8, 4) is 17.2 Å². The predicted molar refractivity (Wildman–Crippen MR) is 125 cm³/mol. The van der Waals surface area contributed by atoms with E-state index in [0.717, 1.165) is 36.8 Å². The van der Waals surface area contributed by atoms with Crippen LogP contribution in [0.4, 0.5) is 0 Å². The fraction of sp³-hybridized carbons (Fsp3) is 0.333. The van der Waals surface area contributed by atoms with Crippen molar-refractivity contribution < 1.29 is 19.5 Å². The summed E-state index contributed by atoms with van der Waals surface area (Å²) in [5.74, 6) is 3.00. The standard InChI is InChI=1S/C27H33NO3/c1-20(2)31-24-15-11-22(12-16-24)25(26-7-5-6-8-27(26)30-4)17-18-28-19-21-9-13-23(29-3)14-10-21/h5-16,20,25,28H,17-19H2,1-4H3/p+1/t25-/m1/s1. The van der Waals surface area contributed by atoms with Gasteiger partial charge in [-0.15, -0.1) is 0 Å². The topological polar surface area (TPSA) is 44.3 Å². The molecule has 4 heteroatoms. The second-order valence-corrected chi connectivity index (χ2v) is 7.95. The van der Waals surface area contributed by atoms with Crippen molar-refractivity contribution >= 4 is 0 Å². The smallest absolute Gasteiger partial charge is 0.122 e. The number of para-hydroxylation sites is 1. The minimum Gasteiger partial charge on any atom is -0.497 e. The van der Waals surface area contributed by atoms with Crippen LogP contribution in [0.2, 0.25) is 0 Å². The van der Waals surface area contributed by atoms with Gasteiger partial charge in [0.25, 0.3) is 0 Å². The molecule has 0 unspecified atom stereocenters. The van der Waals surface area contributed by atoms with Crippen molar-refractivity contribution in [1.82, 2.24) is 0 Å². The molecule has 3 aromatic carbocycles. The Bertz CT molecular complexity index is 920. The summed E-state index contributed by atoms with van der Waals surface area (Å²) in [6.45, 7) is 6.05. The molecule has 1 atom stereocenters. The van der Waals surface area contributed by atoms with E-state index in [4.69, 9.17) is 14.2 Å². The molecule has 0 fully saturated rings. The first-order valence-electron chi connectivity index (χ1n) is 10.9. The first-order valence-corrected chi connectivity index (χ1v) is 10.9. The van der Waals surface area contributed by atoms with Gasteiger partial charge in [0.15, 0.2) is 0 Å². The largest absolute Gasteiger partial charge is 0.497 e. The summed E-state index contributed by atoms with van der Waals surface area (Å²) in [6.07, 6.45) is 1.18. The third-order valence-electron chi connectivity index (χ3n) is 5.37. The Kier molecular flexibility index (Phi) is 8.36. The van der Waals surface area contributed by atoms with E-state index >= 15 is 0 Å². The Morgan fingerprint density at radius 3 is 2.10 bits per heavy atom. The van der Waals surface area contributed by atoms with Crippen molar-refractivity contribution in [2.24, 2.45) is 0 Å². The van der Waals surface area contributed by atoms with Crippen LogP contribution in [0.3, 0.4) is 0 Å². The Morgan fingerprint density at radius 2 is 1.45 bits per heavy atom. The van der Waals surface area contributed by atoms with E-state index in [-0.39, 0.29) is 12.0 Å². The molecule has 31 heavy (non-hydrogen) atoms. The van der Waals surface area contributed by atoms with E-state index in [1.165, 1.54) is 16.7 Å². The van der Waals surface area contributed by atoms with Crippen LogP contribution < -0.4 is 19.5 Å². The number of benzene rings is 3. The monoisotopic (exact) mass is 420 g/mol. The Balaban J connectivity index is 1.71. The van der Waals surface area contributed by atoms with Crippen LogP contribution in [0, 0.1) is 0 Å². The minimum absolute atomic E-state index is 0.170. The highest BCUT2D eigenvalue weighted by atomic mass is 16.5. The molecule has 0 aliphatic rings. The molecular weight excluding hydrogens is 386 g/mol. The third kappa shape index (κ3) is 6.50. The zero-order chi connectivity index (χ0) is 22.1. The second kappa shape index (κ2) is 11.4. The van der Waals surface area contributed by atoms with Gasteiger partial charge in [-0.3, -0.25) is 0 Å². The van der Waals surface area contributed by atoms with Gasteiger partial charge in [0.1, 0.15) is 23.8 Å². The quantitative estimate of drug-likeness (QED) is 0.454. The lowest BCUT2D eigenvalue weighted by molar-refractivity contribution is -0.671. The number of hydrogen-bond donors (Lipinski definition) is 1. The predicted octanol–water partition coefficient (Wildman–Crippen LogP) is 4.78. The Morgan fingerprint density at radius 1 is 0.774 bits per heavy atom. The minimum atomic E-state index is 0.170. The Labute approximate surface area is 186 Å².